The van der Waals surface area contributed by atoms with E-state index >= 15 is 0 Å². The number of ether oxygens (including phenoxy) is 2. The summed E-state index contributed by atoms with van der Waals surface area (Å²) in [5.41, 5.74) is 0.696. The van der Waals surface area contributed by atoms with Gasteiger partial charge in [0.1, 0.15) is 11.2 Å². The van der Waals surface area contributed by atoms with E-state index < -0.39 is 30.1 Å². The minimum Gasteiger partial charge on any atom is -0.454 e. The topological polar surface area (TPSA) is 94.8 Å². The Hall–Kier alpha value is -3.61. The van der Waals surface area contributed by atoms with Gasteiger partial charge in [-0.05, 0) is 57.2 Å². The summed E-state index contributed by atoms with van der Waals surface area (Å²) >= 11 is 0. The van der Waals surface area contributed by atoms with Crippen molar-refractivity contribution in [2.45, 2.75) is 26.4 Å². The highest BCUT2D eigenvalue weighted by molar-refractivity contribution is 6.00. The summed E-state index contributed by atoms with van der Waals surface area (Å²) in [7, 11) is 0. The normalized spacial score (nSPS) is 11.1. The number of Topliss-reactive ketones (excluding diaryl/α,β-unsaturated/α-hetero) is 1. The average molecular weight is 395 g/mol. The summed E-state index contributed by atoms with van der Waals surface area (Å²) in [4.78, 5) is 36.1. The third kappa shape index (κ3) is 5.44. The fourth-order valence-corrected chi connectivity index (χ4v) is 2.52. The highest BCUT2D eigenvalue weighted by atomic mass is 16.6. The van der Waals surface area contributed by atoms with E-state index in [2.05, 4.69) is 5.32 Å². The quantitative estimate of drug-likeness (QED) is 0.492. The molecular weight excluding hydrogens is 374 g/mol. The molecule has 0 unspecified atom stereocenters. The molecule has 3 rings (SSSR count). The van der Waals surface area contributed by atoms with Crippen molar-refractivity contribution >= 4 is 34.5 Å². The van der Waals surface area contributed by atoms with E-state index in [1.807, 2.05) is 12.1 Å². The van der Waals surface area contributed by atoms with Crippen molar-refractivity contribution in [3.05, 3.63) is 65.9 Å². The number of carbonyl (C=O) groups is 3. The minimum atomic E-state index is -0.654. The zero-order valence-electron chi connectivity index (χ0n) is 16.4. The number of esters is 1. The number of ketones is 1. The number of hydrogen-bond donors (Lipinski definition) is 1. The lowest BCUT2D eigenvalue weighted by molar-refractivity contribution is 0.0468. The Labute approximate surface area is 167 Å². The molecule has 7 nitrogen and oxygen atoms in total. The Balaban J connectivity index is 1.55. The van der Waals surface area contributed by atoms with E-state index in [0.29, 0.717) is 11.3 Å². The van der Waals surface area contributed by atoms with Crippen LogP contribution in [0.5, 0.6) is 0 Å². The first-order valence-corrected chi connectivity index (χ1v) is 9.00. The number of anilines is 1. The van der Waals surface area contributed by atoms with Crippen LogP contribution in [0.2, 0.25) is 0 Å². The maximum absolute atomic E-state index is 12.2. The highest BCUT2D eigenvalue weighted by Gasteiger charge is 2.17. The van der Waals surface area contributed by atoms with Crippen LogP contribution in [-0.2, 0) is 9.47 Å². The van der Waals surface area contributed by atoms with E-state index in [9.17, 15) is 14.4 Å². The Kier molecular flexibility index (Phi) is 5.68. The molecule has 0 bridgehead atoms. The third-order valence-electron chi connectivity index (χ3n) is 3.80. The van der Waals surface area contributed by atoms with Crippen LogP contribution >= 0.6 is 0 Å². The average Bonchev–Trinajstić information content (AvgIpc) is 3.09. The van der Waals surface area contributed by atoms with Gasteiger partial charge in [0.15, 0.2) is 12.4 Å². The van der Waals surface area contributed by atoms with Gasteiger partial charge >= 0.3 is 12.1 Å². The summed E-state index contributed by atoms with van der Waals surface area (Å²) < 4.78 is 15.7. The lowest BCUT2D eigenvalue weighted by Gasteiger charge is -2.19. The smallest absolute Gasteiger partial charge is 0.412 e. The molecule has 0 saturated heterocycles. The molecule has 1 amide bonds. The molecule has 0 spiro atoms. The molecule has 1 heterocycles. The van der Waals surface area contributed by atoms with E-state index in [1.54, 1.807) is 51.1 Å². The molecule has 3 aromatic rings. The predicted molar refractivity (Wildman–Crippen MR) is 107 cm³/mol. The summed E-state index contributed by atoms with van der Waals surface area (Å²) in [6, 6.07) is 14.9. The Bertz CT molecular complexity index is 1010. The second-order valence-corrected chi connectivity index (χ2v) is 7.35. The molecule has 1 aromatic heterocycles. The van der Waals surface area contributed by atoms with Gasteiger partial charge < -0.3 is 13.9 Å². The number of para-hydroxylation sites is 1. The largest absolute Gasteiger partial charge is 0.454 e. The maximum atomic E-state index is 12.2. The van der Waals surface area contributed by atoms with E-state index in [0.717, 1.165) is 5.39 Å². The minimum absolute atomic E-state index is 0.135. The van der Waals surface area contributed by atoms with Gasteiger partial charge in [-0.3, -0.25) is 10.1 Å². The number of benzene rings is 2. The van der Waals surface area contributed by atoms with Gasteiger partial charge in [-0.1, -0.05) is 18.2 Å². The number of amides is 1. The molecule has 0 radical (unpaired) electrons. The molecule has 1 N–H and O–H groups in total. The lowest BCUT2D eigenvalue weighted by atomic mass is 10.2. The first kappa shape index (κ1) is 20.1. The van der Waals surface area contributed by atoms with Crippen molar-refractivity contribution in [1.29, 1.82) is 0 Å². The molecule has 0 fully saturated rings. The number of nitrogens with one attached hydrogen (secondary N) is 1. The van der Waals surface area contributed by atoms with Gasteiger partial charge in [0.05, 0.1) is 5.56 Å². The summed E-state index contributed by atoms with van der Waals surface area (Å²) in [5.74, 6) is -0.952. The number of fused-ring (bicyclic) bond motifs is 1. The van der Waals surface area contributed by atoms with Crippen molar-refractivity contribution in [3.63, 3.8) is 0 Å². The molecule has 2 aromatic carbocycles. The molecular formula is C22H21NO6. The molecule has 0 saturated carbocycles. The Morgan fingerprint density at radius 1 is 1.00 bits per heavy atom. The monoisotopic (exact) mass is 395 g/mol. The zero-order valence-corrected chi connectivity index (χ0v) is 16.4. The first-order chi connectivity index (χ1) is 13.7. The van der Waals surface area contributed by atoms with Crippen LogP contribution in [0.25, 0.3) is 11.0 Å². The van der Waals surface area contributed by atoms with E-state index in [1.165, 1.54) is 12.1 Å². The molecule has 7 heteroatoms. The highest BCUT2D eigenvalue weighted by Crippen LogP contribution is 2.19. The fourth-order valence-electron chi connectivity index (χ4n) is 2.52. The standard InChI is InChI=1S/C22H21NO6/c1-22(2,3)29-21(26)23-16-10-8-14(9-11-16)20(25)27-13-17(24)19-12-15-6-4-5-7-18(15)28-19/h4-12H,13H2,1-3H3,(H,23,26). The number of carbonyl (C=O) groups excluding carboxylic acids is 3. The van der Waals surface area contributed by atoms with Crippen molar-refractivity contribution in [2.75, 3.05) is 11.9 Å². The van der Waals surface area contributed by atoms with Crippen LogP contribution in [0.3, 0.4) is 0 Å². The Morgan fingerprint density at radius 3 is 2.34 bits per heavy atom. The summed E-state index contributed by atoms with van der Waals surface area (Å²) in [5, 5.41) is 3.37. The van der Waals surface area contributed by atoms with Crippen molar-refractivity contribution in [2.24, 2.45) is 0 Å². The van der Waals surface area contributed by atoms with Gasteiger partial charge in [0.25, 0.3) is 0 Å². The molecule has 29 heavy (non-hydrogen) atoms. The third-order valence-corrected chi connectivity index (χ3v) is 3.80. The number of rotatable bonds is 5. The van der Waals surface area contributed by atoms with Crippen LogP contribution in [0, 0.1) is 0 Å². The second kappa shape index (κ2) is 8.18. The molecule has 0 atom stereocenters. The molecule has 0 aliphatic heterocycles. The molecule has 150 valence electrons. The zero-order chi connectivity index (χ0) is 21.0. The van der Waals surface area contributed by atoms with Crippen LogP contribution < -0.4 is 5.32 Å². The van der Waals surface area contributed by atoms with Crippen molar-refractivity contribution in [1.82, 2.24) is 0 Å². The number of furan rings is 1. The van der Waals surface area contributed by atoms with Gasteiger partial charge in [-0.25, -0.2) is 9.59 Å². The maximum Gasteiger partial charge on any atom is 0.412 e. The predicted octanol–water partition coefficient (Wildman–Crippen LogP) is 4.82. The Morgan fingerprint density at radius 2 is 1.69 bits per heavy atom. The van der Waals surface area contributed by atoms with Crippen molar-refractivity contribution < 1.29 is 28.3 Å². The van der Waals surface area contributed by atoms with E-state index in [4.69, 9.17) is 13.9 Å². The van der Waals surface area contributed by atoms with Gasteiger partial charge in [0, 0.05) is 11.1 Å². The molecule has 0 aliphatic rings. The van der Waals surface area contributed by atoms with Gasteiger partial charge in [-0.2, -0.15) is 0 Å². The number of hydrogen-bond acceptors (Lipinski definition) is 6. The summed E-state index contributed by atoms with van der Waals surface area (Å²) in [6.45, 7) is 4.85. The first-order valence-electron chi connectivity index (χ1n) is 9.00. The molecule has 0 aliphatic carbocycles. The van der Waals surface area contributed by atoms with E-state index in [-0.39, 0.29) is 11.3 Å². The summed E-state index contributed by atoms with van der Waals surface area (Å²) in [6.07, 6.45) is -0.593. The van der Waals surface area contributed by atoms with Gasteiger partial charge in [-0.15, -0.1) is 0 Å². The van der Waals surface area contributed by atoms with Crippen LogP contribution in [0.1, 0.15) is 41.7 Å². The van der Waals surface area contributed by atoms with Crippen LogP contribution in [-0.4, -0.2) is 30.1 Å². The van der Waals surface area contributed by atoms with Gasteiger partial charge in [0.2, 0.25) is 5.78 Å². The second-order valence-electron chi connectivity index (χ2n) is 7.35. The lowest BCUT2D eigenvalue weighted by Crippen LogP contribution is -2.27. The SMILES string of the molecule is CC(C)(C)OC(=O)Nc1ccc(C(=O)OCC(=O)c2cc3ccccc3o2)cc1. The fraction of sp³-hybridized carbons (Fsp3) is 0.227. The van der Waals surface area contributed by atoms with Crippen LogP contribution in [0.4, 0.5) is 10.5 Å². The van der Waals surface area contributed by atoms with Crippen LogP contribution in [0.15, 0.2) is 59.0 Å². The van der Waals surface area contributed by atoms with Crippen molar-refractivity contribution in [3.8, 4) is 0 Å².